The molecular formula is C16H25ClO2. The first-order chi connectivity index (χ1) is 9.11. The fraction of sp³-hybridized carbons (Fsp3) is 0.938. The number of hydrogen-bond acceptors (Lipinski definition) is 2. The molecule has 0 aromatic carbocycles. The molecular weight excluding hydrogens is 260 g/mol. The summed E-state index contributed by atoms with van der Waals surface area (Å²) in [6, 6.07) is 0. The Bertz CT molecular complexity index is 317. The second-order valence-corrected chi connectivity index (χ2v) is 7.64. The zero-order valence-corrected chi connectivity index (χ0v) is 12.6. The number of unbranched alkanes of at least 4 members (excludes halogenated alkanes) is 1. The van der Waals surface area contributed by atoms with Crippen LogP contribution in [0.2, 0.25) is 0 Å². The lowest BCUT2D eigenvalue weighted by atomic mass is 9.49. The highest BCUT2D eigenvalue weighted by Gasteiger charge is 2.55. The molecule has 0 saturated heterocycles. The molecule has 4 rings (SSSR count). The second-order valence-electron chi connectivity index (χ2n) is 7.16. The third kappa shape index (κ3) is 2.66. The minimum Gasteiger partial charge on any atom is -0.446 e. The van der Waals surface area contributed by atoms with Crippen LogP contribution >= 0.6 is 11.6 Å². The molecule has 1 unspecified atom stereocenters. The first-order valence-electron chi connectivity index (χ1n) is 7.96. The third-order valence-corrected chi connectivity index (χ3v) is 5.80. The average Bonchev–Trinajstić information content (AvgIpc) is 2.34. The van der Waals surface area contributed by atoms with Crippen molar-refractivity contribution in [1.82, 2.24) is 0 Å². The molecule has 0 heterocycles. The zero-order valence-electron chi connectivity index (χ0n) is 11.9. The molecule has 0 aromatic rings. The average molecular weight is 285 g/mol. The molecule has 1 atom stereocenters. The molecule has 0 N–H and O–H groups in total. The Morgan fingerprint density at radius 1 is 1.21 bits per heavy atom. The van der Waals surface area contributed by atoms with Gasteiger partial charge in [0.1, 0.15) is 0 Å². The van der Waals surface area contributed by atoms with Gasteiger partial charge in [-0.1, -0.05) is 24.9 Å². The summed E-state index contributed by atoms with van der Waals surface area (Å²) in [5, 5.41) is 0. The summed E-state index contributed by atoms with van der Waals surface area (Å²) in [5.74, 6) is 2.36. The van der Waals surface area contributed by atoms with E-state index >= 15 is 0 Å². The Balaban J connectivity index is 1.63. The van der Waals surface area contributed by atoms with Crippen molar-refractivity contribution >= 4 is 17.6 Å². The highest BCUT2D eigenvalue weighted by Crippen LogP contribution is 2.60. The van der Waals surface area contributed by atoms with Crippen molar-refractivity contribution in [3.8, 4) is 0 Å². The number of esters is 1. The third-order valence-electron chi connectivity index (χ3n) is 5.49. The highest BCUT2D eigenvalue weighted by molar-refractivity contribution is 6.20. The monoisotopic (exact) mass is 284 g/mol. The molecule has 4 saturated carbocycles. The lowest BCUT2D eigenvalue weighted by molar-refractivity contribution is -0.173. The Labute approximate surface area is 121 Å². The lowest BCUT2D eigenvalue weighted by Gasteiger charge is -2.55. The van der Waals surface area contributed by atoms with Crippen LogP contribution in [0.1, 0.15) is 64.7 Å². The van der Waals surface area contributed by atoms with Gasteiger partial charge in [-0.3, -0.25) is 4.79 Å². The van der Waals surface area contributed by atoms with Crippen LogP contribution in [-0.4, -0.2) is 11.5 Å². The van der Waals surface area contributed by atoms with Crippen molar-refractivity contribution in [2.75, 3.05) is 0 Å². The van der Waals surface area contributed by atoms with Crippen LogP contribution in [0, 0.1) is 23.2 Å². The summed E-state index contributed by atoms with van der Waals surface area (Å²) in [6.45, 7) is 2.13. The Morgan fingerprint density at radius 2 is 1.74 bits per heavy atom. The van der Waals surface area contributed by atoms with Crippen LogP contribution in [0.25, 0.3) is 0 Å². The molecule has 4 aliphatic carbocycles. The van der Waals surface area contributed by atoms with Crippen molar-refractivity contribution in [2.45, 2.75) is 70.3 Å². The van der Waals surface area contributed by atoms with Gasteiger partial charge in [-0.25, -0.2) is 0 Å². The number of alkyl halides is 1. The lowest BCUT2D eigenvalue weighted by Crippen LogP contribution is -2.51. The van der Waals surface area contributed by atoms with E-state index in [9.17, 15) is 4.79 Å². The topological polar surface area (TPSA) is 26.3 Å². The zero-order chi connectivity index (χ0) is 13.5. The van der Waals surface area contributed by atoms with Gasteiger partial charge < -0.3 is 4.74 Å². The van der Waals surface area contributed by atoms with Gasteiger partial charge in [0.05, 0.1) is 5.41 Å². The van der Waals surface area contributed by atoms with E-state index in [-0.39, 0.29) is 11.4 Å². The van der Waals surface area contributed by atoms with E-state index in [1.807, 2.05) is 0 Å². The van der Waals surface area contributed by atoms with Gasteiger partial charge in [0.25, 0.3) is 0 Å². The molecule has 4 fully saturated rings. The molecule has 0 aliphatic heterocycles. The first-order valence-corrected chi connectivity index (χ1v) is 8.40. The molecule has 4 bridgehead atoms. The highest BCUT2D eigenvalue weighted by atomic mass is 35.5. The van der Waals surface area contributed by atoms with Gasteiger partial charge in [-0.05, 0) is 69.1 Å². The summed E-state index contributed by atoms with van der Waals surface area (Å²) in [6.07, 6.45) is 10.2. The van der Waals surface area contributed by atoms with Crippen molar-refractivity contribution in [2.24, 2.45) is 23.2 Å². The summed E-state index contributed by atoms with van der Waals surface area (Å²) in [7, 11) is 0. The van der Waals surface area contributed by atoms with E-state index in [2.05, 4.69) is 6.92 Å². The summed E-state index contributed by atoms with van der Waals surface area (Å²) in [4.78, 5) is 12.6. The van der Waals surface area contributed by atoms with Crippen LogP contribution < -0.4 is 0 Å². The van der Waals surface area contributed by atoms with E-state index in [0.29, 0.717) is 0 Å². The second kappa shape index (κ2) is 5.27. The van der Waals surface area contributed by atoms with Crippen LogP contribution in [-0.2, 0) is 9.53 Å². The fourth-order valence-electron chi connectivity index (χ4n) is 5.03. The van der Waals surface area contributed by atoms with Crippen molar-refractivity contribution in [3.05, 3.63) is 0 Å². The standard InChI is InChI=1S/C16H25ClO2/c1-2-3-4-14(17)19-15(18)16-8-11-5-12(9-16)7-13(6-11)10-16/h11-14H,2-10H2,1H3. The smallest absolute Gasteiger partial charge is 0.313 e. The number of ether oxygens (including phenoxy) is 1. The molecule has 0 spiro atoms. The molecule has 0 radical (unpaired) electrons. The minimum absolute atomic E-state index is 0.0164. The van der Waals surface area contributed by atoms with Crippen LogP contribution in [0.3, 0.4) is 0 Å². The largest absolute Gasteiger partial charge is 0.446 e. The van der Waals surface area contributed by atoms with Crippen molar-refractivity contribution in [3.63, 3.8) is 0 Å². The SMILES string of the molecule is CCCCC(Cl)OC(=O)C12CC3CC(CC(C3)C1)C2. The maximum absolute atomic E-state index is 12.6. The first kappa shape index (κ1) is 13.7. The number of carbonyl (C=O) groups excluding carboxylic acids is 1. The molecule has 4 aliphatic rings. The number of hydrogen-bond donors (Lipinski definition) is 0. The fourth-order valence-corrected chi connectivity index (χ4v) is 5.26. The van der Waals surface area contributed by atoms with Crippen LogP contribution in [0.15, 0.2) is 0 Å². The number of rotatable bonds is 5. The van der Waals surface area contributed by atoms with E-state index in [1.165, 1.54) is 19.3 Å². The molecule has 19 heavy (non-hydrogen) atoms. The van der Waals surface area contributed by atoms with E-state index in [0.717, 1.165) is 56.3 Å². The predicted molar refractivity (Wildman–Crippen MR) is 75.9 cm³/mol. The summed E-state index contributed by atoms with van der Waals surface area (Å²) >= 11 is 6.15. The minimum atomic E-state index is -0.416. The number of carbonyl (C=O) groups is 1. The van der Waals surface area contributed by atoms with E-state index in [1.54, 1.807) is 0 Å². The molecule has 2 nitrogen and oxygen atoms in total. The summed E-state index contributed by atoms with van der Waals surface area (Å²) in [5.41, 5.74) is -0.575. The van der Waals surface area contributed by atoms with Gasteiger partial charge in [0.15, 0.2) is 5.56 Å². The van der Waals surface area contributed by atoms with Gasteiger partial charge in [0.2, 0.25) is 0 Å². The van der Waals surface area contributed by atoms with E-state index < -0.39 is 5.56 Å². The van der Waals surface area contributed by atoms with Gasteiger partial charge in [-0.15, -0.1) is 0 Å². The van der Waals surface area contributed by atoms with Crippen molar-refractivity contribution in [1.29, 1.82) is 0 Å². The van der Waals surface area contributed by atoms with Crippen molar-refractivity contribution < 1.29 is 9.53 Å². The van der Waals surface area contributed by atoms with Gasteiger partial charge >= 0.3 is 5.97 Å². The Morgan fingerprint density at radius 3 is 2.21 bits per heavy atom. The maximum atomic E-state index is 12.6. The molecule has 0 aromatic heterocycles. The predicted octanol–water partition coefficient (Wildman–Crippen LogP) is 4.50. The normalized spacial score (nSPS) is 41.3. The quantitative estimate of drug-likeness (QED) is 0.549. The van der Waals surface area contributed by atoms with Crippen LogP contribution in [0.5, 0.6) is 0 Å². The van der Waals surface area contributed by atoms with Gasteiger partial charge in [0, 0.05) is 0 Å². The Kier molecular flexibility index (Phi) is 3.81. The van der Waals surface area contributed by atoms with Gasteiger partial charge in [-0.2, -0.15) is 0 Å². The Hall–Kier alpha value is -0.240. The van der Waals surface area contributed by atoms with E-state index in [4.69, 9.17) is 16.3 Å². The molecule has 3 heteroatoms. The summed E-state index contributed by atoms with van der Waals surface area (Å²) < 4.78 is 5.56. The molecule has 108 valence electrons. The van der Waals surface area contributed by atoms with Crippen LogP contribution in [0.4, 0.5) is 0 Å². The number of halogens is 1. The molecule has 0 amide bonds. The maximum Gasteiger partial charge on any atom is 0.313 e.